The van der Waals surface area contributed by atoms with E-state index in [1.807, 2.05) is 6.92 Å². The third-order valence-electron chi connectivity index (χ3n) is 2.59. The molecule has 5 heteroatoms. The fraction of sp³-hybridized carbons (Fsp3) is 0.133. The predicted octanol–water partition coefficient (Wildman–Crippen LogP) is 4.33. The third-order valence-corrected chi connectivity index (χ3v) is 2.88. The van der Waals surface area contributed by atoms with Gasteiger partial charge in [-0.15, -0.1) is 0 Å². The van der Waals surface area contributed by atoms with Gasteiger partial charge in [0.15, 0.2) is 11.5 Å². The Morgan fingerprint density at radius 2 is 2.15 bits per heavy atom. The van der Waals surface area contributed by atoms with Crippen LogP contribution < -0.4 is 4.74 Å². The molecule has 2 rings (SSSR count). The van der Waals surface area contributed by atoms with Crippen molar-refractivity contribution in [3.63, 3.8) is 0 Å². The minimum atomic E-state index is -0.494. The molecule has 0 amide bonds. The molecular formula is C15H13ClFNO2. The Hall–Kier alpha value is -2.07. The fourth-order valence-electron chi connectivity index (χ4n) is 1.62. The van der Waals surface area contributed by atoms with Crippen molar-refractivity contribution in [1.29, 1.82) is 0 Å². The number of phenolic OH excluding ortho intramolecular Hbond substituents is 1. The fourth-order valence-corrected chi connectivity index (χ4v) is 1.80. The Morgan fingerprint density at radius 1 is 1.35 bits per heavy atom. The van der Waals surface area contributed by atoms with Crippen LogP contribution in [0.25, 0.3) is 0 Å². The van der Waals surface area contributed by atoms with Gasteiger partial charge in [-0.05, 0) is 37.3 Å². The summed E-state index contributed by atoms with van der Waals surface area (Å²) in [5, 5.41) is 10.0. The van der Waals surface area contributed by atoms with Crippen LogP contribution in [0.3, 0.4) is 0 Å². The molecule has 2 aromatic rings. The molecule has 0 unspecified atom stereocenters. The van der Waals surface area contributed by atoms with Gasteiger partial charge in [-0.2, -0.15) is 0 Å². The normalized spacial score (nSPS) is 10.9. The lowest BCUT2D eigenvalue weighted by molar-refractivity contribution is 0.318. The second-order valence-corrected chi connectivity index (χ2v) is 4.39. The number of halogens is 2. The van der Waals surface area contributed by atoms with Crippen LogP contribution in [0, 0.1) is 5.82 Å². The third kappa shape index (κ3) is 3.27. The summed E-state index contributed by atoms with van der Waals surface area (Å²) in [6.07, 6.45) is 1.47. The predicted molar refractivity (Wildman–Crippen MR) is 77.9 cm³/mol. The minimum Gasteiger partial charge on any atom is -0.504 e. The molecule has 0 atom stereocenters. The van der Waals surface area contributed by atoms with Crippen molar-refractivity contribution in [2.75, 3.05) is 6.61 Å². The zero-order valence-electron chi connectivity index (χ0n) is 10.8. The number of benzene rings is 2. The second kappa shape index (κ2) is 6.39. The van der Waals surface area contributed by atoms with E-state index in [1.54, 1.807) is 18.2 Å². The number of aliphatic imine (C=N–C) groups is 1. The molecule has 0 radical (unpaired) electrons. The van der Waals surface area contributed by atoms with Crippen LogP contribution in [0.1, 0.15) is 12.5 Å². The van der Waals surface area contributed by atoms with E-state index in [0.29, 0.717) is 23.6 Å². The number of nitrogens with zero attached hydrogens (tertiary/aromatic N) is 1. The first-order chi connectivity index (χ1) is 9.61. The maximum Gasteiger partial charge on any atom is 0.166 e. The molecular weight excluding hydrogens is 281 g/mol. The molecule has 0 bridgehead atoms. The average molecular weight is 294 g/mol. The summed E-state index contributed by atoms with van der Waals surface area (Å²) in [6, 6.07) is 9.28. The van der Waals surface area contributed by atoms with E-state index in [0.717, 1.165) is 0 Å². The van der Waals surface area contributed by atoms with E-state index in [4.69, 9.17) is 16.3 Å². The monoisotopic (exact) mass is 293 g/mol. The Kier molecular flexibility index (Phi) is 4.58. The molecule has 0 spiro atoms. The summed E-state index contributed by atoms with van der Waals surface area (Å²) >= 11 is 5.68. The van der Waals surface area contributed by atoms with Crippen molar-refractivity contribution < 1.29 is 14.2 Å². The van der Waals surface area contributed by atoms with Gasteiger partial charge in [-0.3, -0.25) is 4.99 Å². The highest BCUT2D eigenvalue weighted by atomic mass is 35.5. The van der Waals surface area contributed by atoms with Crippen LogP contribution in [0.15, 0.2) is 41.4 Å². The van der Waals surface area contributed by atoms with Gasteiger partial charge in [0.1, 0.15) is 5.82 Å². The summed E-state index contributed by atoms with van der Waals surface area (Å²) in [4.78, 5) is 4.15. The maximum atomic E-state index is 13.0. The molecule has 0 heterocycles. The molecule has 104 valence electrons. The number of phenols is 1. The molecule has 20 heavy (non-hydrogen) atoms. The van der Waals surface area contributed by atoms with Gasteiger partial charge in [0.25, 0.3) is 0 Å². The highest BCUT2D eigenvalue weighted by Gasteiger charge is 2.06. The molecule has 2 aromatic carbocycles. The molecule has 0 aromatic heterocycles. The lowest BCUT2D eigenvalue weighted by Gasteiger charge is -2.07. The van der Waals surface area contributed by atoms with Crippen LogP contribution in [0.5, 0.6) is 11.5 Å². The first-order valence-corrected chi connectivity index (χ1v) is 6.43. The topological polar surface area (TPSA) is 41.8 Å². The van der Waals surface area contributed by atoms with Crippen molar-refractivity contribution in [2.24, 2.45) is 4.99 Å². The summed E-state index contributed by atoms with van der Waals surface area (Å²) in [6.45, 7) is 2.29. The summed E-state index contributed by atoms with van der Waals surface area (Å²) in [5.41, 5.74) is 1.01. The van der Waals surface area contributed by atoms with Gasteiger partial charge in [-0.25, -0.2) is 4.39 Å². The molecule has 0 fully saturated rings. The van der Waals surface area contributed by atoms with E-state index in [1.165, 1.54) is 24.4 Å². The largest absolute Gasteiger partial charge is 0.504 e. The van der Waals surface area contributed by atoms with Gasteiger partial charge >= 0.3 is 0 Å². The van der Waals surface area contributed by atoms with E-state index < -0.39 is 5.82 Å². The highest BCUT2D eigenvalue weighted by molar-refractivity contribution is 6.31. The van der Waals surface area contributed by atoms with Gasteiger partial charge in [0, 0.05) is 11.8 Å². The van der Waals surface area contributed by atoms with Crippen molar-refractivity contribution in [2.45, 2.75) is 6.92 Å². The van der Waals surface area contributed by atoms with Crippen molar-refractivity contribution in [3.05, 3.63) is 52.8 Å². The standard InChI is InChI=1S/C15H13ClFNO2/c1-2-20-14-5-3-4-10(15(14)19)9-18-11-6-7-13(17)12(16)8-11/h3-9,19H,2H2,1H3. The van der Waals surface area contributed by atoms with E-state index >= 15 is 0 Å². The molecule has 0 saturated heterocycles. The minimum absolute atomic E-state index is 0.00642. The zero-order valence-corrected chi connectivity index (χ0v) is 11.6. The Bertz CT molecular complexity index is 644. The number of rotatable bonds is 4. The number of ether oxygens (including phenoxy) is 1. The Labute approximate surface area is 121 Å². The molecule has 1 N–H and O–H groups in total. The first kappa shape index (κ1) is 14.3. The lowest BCUT2D eigenvalue weighted by Crippen LogP contribution is -1.93. The first-order valence-electron chi connectivity index (χ1n) is 6.05. The van der Waals surface area contributed by atoms with Crippen LogP contribution in [-0.2, 0) is 0 Å². The zero-order chi connectivity index (χ0) is 14.5. The van der Waals surface area contributed by atoms with Crippen LogP contribution in [-0.4, -0.2) is 17.9 Å². The van der Waals surface area contributed by atoms with E-state index in [-0.39, 0.29) is 10.8 Å². The van der Waals surface area contributed by atoms with Crippen molar-refractivity contribution in [3.8, 4) is 11.5 Å². The summed E-state index contributed by atoms with van der Waals surface area (Å²) in [7, 11) is 0. The second-order valence-electron chi connectivity index (χ2n) is 3.98. The average Bonchev–Trinajstić information content (AvgIpc) is 2.44. The summed E-state index contributed by atoms with van der Waals surface area (Å²) < 4.78 is 18.3. The highest BCUT2D eigenvalue weighted by Crippen LogP contribution is 2.29. The Balaban J connectivity index is 2.27. The van der Waals surface area contributed by atoms with Gasteiger partial charge in [0.2, 0.25) is 0 Å². The Morgan fingerprint density at radius 3 is 2.85 bits per heavy atom. The van der Waals surface area contributed by atoms with E-state index in [2.05, 4.69) is 4.99 Å². The molecule has 3 nitrogen and oxygen atoms in total. The number of hydrogen-bond donors (Lipinski definition) is 1. The van der Waals surface area contributed by atoms with E-state index in [9.17, 15) is 9.50 Å². The smallest absolute Gasteiger partial charge is 0.166 e. The number of aromatic hydroxyl groups is 1. The SMILES string of the molecule is CCOc1cccc(C=Nc2ccc(F)c(Cl)c2)c1O. The van der Waals surface area contributed by atoms with Gasteiger partial charge in [-0.1, -0.05) is 17.7 Å². The maximum absolute atomic E-state index is 13.0. The molecule has 0 aliphatic carbocycles. The van der Waals surface area contributed by atoms with Crippen molar-refractivity contribution >= 4 is 23.5 Å². The molecule has 0 saturated carbocycles. The van der Waals surface area contributed by atoms with Gasteiger partial charge in [0.05, 0.1) is 17.3 Å². The quantitative estimate of drug-likeness (QED) is 0.852. The summed E-state index contributed by atoms with van der Waals surface area (Å²) in [5.74, 6) is -0.0771. The van der Waals surface area contributed by atoms with Gasteiger partial charge < -0.3 is 9.84 Å². The van der Waals surface area contributed by atoms with Crippen molar-refractivity contribution in [1.82, 2.24) is 0 Å². The molecule has 0 aliphatic heterocycles. The number of para-hydroxylation sites is 1. The van der Waals surface area contributed by atoms with Crippen LogP contribution in [0.2, 0.25) is 5.02 Å². The lowest BCUT2D eigenvalue weighted by atomic mass is 10.2. The van der Waals surface area contributed by atoms with Crippen LogP contribution in [0.4, 0.5) is 10.1 Å². The molecule has 0 aliphatic rings. The number of hydrogen-bond acceptors (Lipinski definition) is 3. The van der Waals surface area contributed by atoms with Crippen LogP contribution >= 0.6 is 11.6 Å².